The number of carbonyl (C=O) groups is 1. The number of ether oxygens (including phenoxy) is 1. The first-order valence-electron chi connectivity index (χ1n) is 8.70. The van der Waals surface area contributed by atoms with E-state index in [2.05, 4.69) is 26.0 Å². The number of hydrogen-bond acceptors (Lipinski definition) is 5. The van der Waals surface area contributed by atoms with E-state index < -0.39 is 18.2 Å². The lowest BCUT2D eigenvalue weighted by Gasteiger charge is -2.27. The van der Waals surface area contributed by atoms with Crippen LogP contribution in [0.15, 0.2) is 28.2 Å². The molecule has 0 radical (unpaired) electrons. The first-order valence-corrected chi connectivity index (χ1v) is 9.75. The summed E-state index contributed by atoms with van der Waals surface area (Å²) < 4.78 is 25.1. The summed E-state index contributed by atoms with van der Waals surface area (Å²) in [5, 5.41) is 5.74. The number of anilines is 1. The first kappa shape index (κ1) is 16.5. The molecule has 9 heteroatoms. The Balaban J connectivity index is 2.29. The van der Waals surface area contributed by atoms with Gasteiger partial charge in [-0.15, -0.1) is 16.4 Å². The zero-order valence-electron chi connectivity index (χ0n) is 16.6. The predicted molar refractivity (Wildman–Crippen MR) is 107 cm³/mol. The number of amides is 1. The summed E-state index contributed by atoms with van der Waals surface area (Å²) in [6.07, 6.45) is 0.801. The molecule has 0 saturated carbocycles. The van der Waals surface area contributed by atoms with E-state index in [1.807, 2.05) is 6.92 Å². The number of carbonyl (C=O) groups excluding carboxylic acids is 1. The van der Waals surface area contributed by atoms with E-state index in [0.717, 1.165) is 14.9 Å². The molecule has 3 aromatic rings. The van der Waals surface area contributed by atoms with Gasteiger partial charge in [0.2, 0.25) is 5.28 Å². The summed E-state index contributed by atoms with van der Waals surface area (Å²) in [4.78, 5) is 18.5. The van der Waals surface area contributed by atoms with Crippen molar-refractivity contribution in [3.8, 4) is 0 Å². The van der Waals surface area contributed by atoms with Crippen molar-refractivity contribution in [2.45, 2.75) is 39.8 Å². The molecule has 6 nitrogen and oxygen atoms in total. The first-order chi connectivity index (χ1) is 12.9. The normalized spacial score (nSPS) is 13.5. The van der Waals surface area contributed by atoms with Gasteiger partial charge in [0.15, 0.2) is 5.82 Å². The highest BCUT2D eigenvalue weighted by Crippen LogP contribution is 2.32. The van der Waals surface area contributed by atoms with Crippen LogP contribution in [0, 0.1) is 6.92 Å². The van der Waals surface area contributed by atoms with E-state index in [4.69, 9.17) is 19.1 Å². The minimum atomic E-state index is -2.22. The Morgan fingerprint density at radius 1 is 1.54 bits per heavy atom. The quantitative estimate of drug-likeness (QED) is 0.522. The summed E-state index contributed by atoms with van der Waals surface area (Å²) in [5.74, 6) is 0.0239. The zero-order chi connectivity index (χ0) is 20.9. The summed E-state index contributed by atoms with van der Waals surface area (Å²) in [6.45, 7) is 4.73. The van der Waals surface area contributed by atoms with Crippen LogP contribution >= 0.6 is 38.9 Å². The fourth-order valence-electron chi connectivity index (χ4n) is 2.26. The van der Waals surface area contributed by atoms with Gasteiger partial charge in [0, 0.05) is 15.5 Å². The van der Waals surface area contributed by atoms with Crippen LogP contribution in [-0.4, -0.2) is 26.3 Å². The summed E-state index contributed by atoms with van der Waals surface area (Å²) >= 11 is 10.7. The largest absolute Gasteiger partial charge is 0.443 e. The molecule has 0 saturated heterocycles. The average Bonchev–Trinajstić information content (AvgIpc) is 3.15. The fraction of sp³-hybridized carbons (Fsp3) is 0.353. The van der Waals surface area contributed by atoms with Gasteiger partial charge in [-0.3, -0.25) is 4.90 Å². The van der Waals surface area contributed by atoms with E-state index in [1.165, 1.54) is 15.9 Å². The van der Waals surface area contributed by atoms with Gasteiger partial charge in [0.05, 0.1) is 9.24 Å². The van der Waals surface area contributed by atoms with E-state index in [1.54, 1.807) is 44.5 Å². The lowest BCUT2D eigenvalue weighted by molar-refractivity contribution is 0.0577. The third kappa shape index (κ3) is 4.02. The van der Waals surface area contributed by atoms with Crippen LogP contribution in [0.4, 0.5) is 10.6 Å². The number of thiophene rings is 1. The average molecular weight is 460 g/mol. The standard InChI is InChI=1S/C17H18BrClN4O2S/c1-10-12(18)9-23-13(10)14(20-15(19)21-23)22(8-11-6-5-7-26-11)16(24)25-17(2,3)4/h5-7,9H,8H2,1-4H3/i8D2. The highest BCUT2D eigenvalue weighted by Gasteiger charge is 2.28. The lowest BCUT2D eigenvalue weighted by atomic mass is 10.2. The third-order valence-electron chi connectivity index (χ3n) is 3.31. The van der Waals surface area contributed by atoms with Gasteiger partial charge in [-0.25, -0.2) is 9.31 Å². The van der Waals surface area contributed by atoms with Crippen LogP contribution in [0.25, 0.3) is 5.52 Å². The van der Waals surface area contributed by atoms with Crippen LogP contribution in [0.1, 0.15) is 34.0 Å². The summed E-state index contributed by atoms with van der Waals surface area (Å²) in [6, 6.07) is 3.33. The molecule has 0 aliphatic heterocycles. The Hall–Kier alpha value is -1.64. The molecule has 3 rings (SSSR count). The minimum absolute atomic E-state index is 0.0239. The highest BCUT2D eigenvalue weighted by atomic mass is 79.9. The second-order valence-corrected chi connectivity index (χ2v) is 8.64. The van der Waals surface area contributed by atoms with E-state index in [9.17, 15) is 4.79 Å². The minimum Gasteiger partial charge on any atom is -0.443 e. The van der Waals surface area contributed by atoms with Crippen molar-refractivity contribution in [1.29, 1.82) is 0 Å². The number of fused-ring (bicyclic) bond motifs is 1. The Labute approximate surface area is 171 Å². The number of rotatable bonds is 3. The Kier molecular flexibility index (Phi) is 4.56. The molecular weight excluding hydrogens is 440 g/mol. The van der Waals surface area contributed by atoms with Gasteiger partial charge in [-0.1, -0.05) is 6.07 Å². The van der Waals surface area contributed by atoms with Crippen molar-refractivity contribution in [2.75, 3.05) is 4.90 Å². The molecule has 0 fully saturated rings. The van der Waals surface area contributed by atoms with E-state index in [0.29, 0.717) is 10.4 Å². The molecule has 0 N–H and O–H groups in total. The second-order valence-electron chi connectivity index (χ2n) is 6.50. The molecule has 3 aromatic heterocycles. The summed E-state index contributed by atoms with van der Waals surface area (Å²) in [7, 11) is 0. The molecule has 26 heavy (non-hydrogen) atoms. The van der Waals surface area contributed by atoms with Crippen molar-refractivity contribution in [1.82, 2.24) is 14.6 Å². The maximum atomic E-state index is 13.1. The maximum Gasteiger partial charge on any atom is 0.416 e. The summed E-state index contributed by atoms with van der Waals surface area (Å²) in [5.41, 5.74) is 0.357. The zero-order valence-corrected chi connectivity index (χ0v) is 17.7. The number of hydrogen-bond donors (Lipinski definition) is 0. The molecule has 138 valence electrons. The highest BCUT2D eigenvalue weighted by molar-refractivity contribution is 9.10. The molecule has 0 aliphatic rings. The Morgan fingerprint density at radius 3 is 2.88 bits per heavy atom. The molecule has 0 aromatic carbocycles. The van der Waals surface area contributed by atoms with Crippen LogP contribution in [0.2, 0.25) is 5.28 Å². The molecule has 3 heterocycles. The monoisotopic (exact) mass is 458 g/mol. The molecule has 0 aliphatic carbocycles. The van der Waals surface area contributed by atoms with Crippen LogP contribution in [-0.2, 0) is 11.2 Å². The van der Waals surface area contributed by atoms with E-state index in [-0.39, 0.29) is 11.1 Å². The molecule has 1 amide bonds. The number of aryl methyl sites for hydroxylation is 1. The van der Waals surface area contributed by atoms with Crippen LogP contribution in [0.3, 0.4) is 0 Å². The van der Waals surface area contributed by atoms with E-state index >= 15 is 0 Å². The number of aromatic nitrogens is 3. The van der Waals surface area contributed by atoms with Crippen molar-refractivity contribution in [3.63, 3.8) is 0 Å². The maximum absolute atomic E-state index is 13.1. The molecular formula is C17H18BrClN4O2S. The van der Waals surface area contributed by atoms with Gasteiger partial charge in [-0.05, 0) is 72.2 Å². The SMILES string of the molecule is [2H]C([2H])(c1cccs1)N(C(=O)OC(C)(C)C)c1nc(Cl)nn2cc(Br)c(C)c12. The van der Waals surface area contributed by atoms with Gasteiger partial charge < -0.3 is 4.74 Å². The topological polar surface area (TPSA) is 59.7 Å². The fourth-order valence-corrected chi connectivity index (χ4v) is 3.40. The predicted octanol–water partition coefficient (Wildman–Crippen LogP) is 5.46. The molecule has 0 atom stereocenters. The molecule has 0 spiro atoms. The van der Waals surface area contributed by atoms with Crippen molar-refractivity contribution in [2.24, 2.45) is 0 Å². The Morgan fingerprint density at radius 2 is 2.27 bits per heavy atom. The van der Waals surface area contributed by atoms with Crippen molar-refractivity contribution in [3.05, 3.63) is 43.9 Å². The number of halogens is 2. The van der Waals surface area contributed by atoms with Crippen LogP contribution in [0.5, 0.6) is 0 Å². The van der Waals surface area contributed by atoms with Gasteiger partial charge in [-0.2, -0.15) is 4.98 Å². The Bertz CT molecular complexity index is 1030. The third-order valence-corrected chi connectivity index (χ3v) is 5.04. The number of nitrogens with zero attached hydrogens (tertiary/aromatic N) is 4. The van der Waals surface area contributed by atoms with Gasteiger partial charge >= 0.3 is 6.09 Å². The molecule has 0 unspecified atom stereocenters. The molecule has 0 bridgehead atoms. The van der Waals surface area contributed by atoms with Crippen molar-refractivity contribution < 1.29 is 12.3 Å². The van der Waals surface area contributed by atoms with Gasteiger partial charge in [0.25, 0.3) is 0 Å². The second kappa shape index (κ2) is 7.17. The smallest absolute Gasteiger partial charge is 0.416 e. The van der Waals surface area contributed by atoms with Crippen molar-refractivity contribution >= 4 is 56.3 Å². The lowest BCUT2D eigenvalue weighted by Crippen LogP contribution is -2.37. The van der Waals surface area contributed by atoms with Gasteiger partial charge in [0.1, 0.15) is 11.1 Å². The van der Waals surface area contributed by atoms with Crippen LogP contribution < -0.4 is 4.90 Å².